The zero-order chi connectivity index (χ0) is 19.2. The second-order valence-electron chi connectivity index (χ2n) is 7.00. The molecule has 5 heteroatoms. The van der Waals surface area contributed by atoms with Gasteiger partial charge in [0.15, 0.2) is 0 Å². The number of carbonyl (C=O) groups is 2. The highest BCUT2D eigenvalue weighted by Gasteiger charge is 2.22. The number of hydrogen-bond donors (Lipinski definition) is 0. The van der Waals surface area contributed by atoms with Gasteiger partial charge in [-0.05, 0) is 37.6 Å². The van der Waals surface area contributed by atoms with E-state index in [9.17, 15) is 9.59 Å². The molecule has 0 aromatic heterocycles. The maximum absolute atomic E-state index is 13.1. The molecule has 0 radical (unpaired) electrons. The van der Waals surface area contributed by atoms with Gasteiger partial charge in [-0.2, -0.15) is 0 Å². The Hall–Kier alpha value is -2.66. The van der Waals surface area contributed by atoms with E-state index in [2.05, 4.69) is 0 Å². The summed E-state index contributed by atoms with van der Waals surface area (Å²) in [5.41, 5.74) is 2.17. The molecule has 0 N–H and O–H groups in total. The lowest BCUT2D eigenvalue weighted by Gasteiger charge is -2.28. The summed E-state index contributed by atoms with van der Waals surface area (Å²) >= 11 is 0. The van der Waals surface area contributed by atoms with Gasteiger partial charge < -0.3 is 14.5 Å². The van der Waals surface area contributed by atoms with Gasteiger partial charge in [0.2, 0.25) is 0 Å². The minimum atomic E-state index is -0.0644. The van der Waals surface area contributed by atoms with E-state index in [0.29, 0.717) is 44.0 Å². The van der Waals surface area contributed by atoms with Crippen LogP contribution in [0, 0.1) is 0 Å². The second-order valence-corrected chi connectivity index (χ2v) is 7.00. The minimum absolute atomic E-state index is 0.0490. The number of ether oxygens (including phenoxy) is 1. The number of rotatable bonds is 5. The van der Waals surface area contributed by atoms with Crippen molar-refractivity contribution >= 4 is 11.8 Å². The van der Waals surface area contributed by atoms with Crippen LogP contribution in [0.3, 0.4) is 0 Å². The Morgan fingerprint density at radius 1 is 1.00 bits per heavy atom. The molecule has 5 nitrogen and oxygen atoms in total. The normalized spacial score (nSPS) is 14.3. The summed E-state index contributed by atoms with van der Waals surface area (Å²) in [6.07, 6.45) is 0. The Labute approximate surface area is 160 Å². The second kappa shape index (κ2) is 8.82. The fraction of sp³-hybridized carbons (Fsp3) is 0.364. The van der Waals surface area contributed by atoms with Crippen LogP contribution in [0.1, 0.15) is 40.1 Å². The van der Waals surface area contributed by atoms with Gasteiger partial charge >= 0.3 is 0 Å². The van der Waals surface area contributed by atoms with Crippen molar-refractivity contribution < 1.29 is 14.3 Å². The molecule has 0 aliphatic carbocycles. The van der Waals surface area contributed by atoms with Crippen LogP contribution < -0.4 is 0 Å². The Balaban J connectivity index is 1.79. The predicted octanol–water partition coefficient (Wildman–Crippen LogP) is 3.21. The lowest BCUT2D eigenvalue weighted by Crippen LogP contribution is -2.41. The topological polar surface area (TPSA) is 49.9 Å². The van der Waals surface area contributed by atoms with E-state index < -0.39 is 0 Å². The molecular formula is C22H26N2O3. The van der Waals surface area contributed by atoms with Gasteiger partial charge in [0.1, 0.15) is 0 Å². The number of amides is 2. The van der Waals surface area contributed by atoms with Crippen molar-refractivity contribution in [1.82, 2.24) is 9.80 Å². The van der Waals surface area contributed by atoms with Crippen molar-refractivity contribution in [3.05, 3.63) is 71.3 Å². The van der Waals surface area contributed by atoms with Crippen molar-refractivity contribution in [2.45, 2.75) is 26.4 Å². The molecule has 1 saturated heterocycles. The van der Waals surface area contributed by atoms with E-state index in [1.54, 1.807) is 29.2 Å². The quantitative estimate of drug-likeness (QED) is 0.816. The molecule has 0 bridgehead atoms. The van der Waals surface area contributed by atoms with Gasteiger partial charge in [-0.1, -0.05) is 36.4 Å². The monoisotopic (exact) mass is 366 g/mol. The average molecular weight is 366 g/mol. The van der Waals surface area contributed by atoms with Crippen LogP contribution in [0.15, 0.2) is 54.6 Å². The van der Waals surface area contributed by atoms with E-state index in [1.165, 1.54) is 0 Å². The molecule has 27 heavy (non-hydrogen) atoms. The van der Waals surface area contributed by atoms with Crippen LogP contribution in [0.5, 0.6) is 0 Å². The molecule has 2 amide bonds. The van der Waals surface area contributed by atoms with Gasteiger partial charge in [0.05, 0.1) is 13.2 Å². The first-order valence-corrected chi connectivity index (χ1v) is 9.38. The molecule has 1 aliphatic rings. The molecule has 0 spiro atoms. The summed E-state index contributed by atoms with van der Waals surface area (Å²) < 4.78 is 5.31. The van der Waals surface area contributed by atoms with Crippen LogP contribution in [0.25, 0.3) is 0 Å². The maximum Gasteiger partial charge on any atom is 0.254 e. The van der Waals surface area contributed by atoms with Crippen molar-refractivity contribution in [1.29, 1.82) is 0 Å². The molecule has 2 aromatic rings. The maximum atomic E-state index is 13.1. The van der Waals surface area contributed by atoms with Crippen LogP contribution in [-0.2, 0) is 11.3 Å². The van der Waals surface area contributed by atoms with Gasteiger partial charge in [0.25, 0.3) is 11.8 Å². The first-order valence-electron chi connectivity index (χ1n) is 9.38. The number of nitrogens with zero attached hydrogens (tertiary/aromatic N) is 2. The van der Waals surface area contributed by atoms with Crippen molar-refractivity contribution in [2.24, 2.45) is 0 Å². The predicted molar refractivity (Wildman–Crippen MR) is 105 cm³/mol. The first kappa shape index (κ1) is 19.1. The zero-order valence-electron chi connectivity index (χ0n) is 15.9. The largest absolute Gasteiger partial charge is 0.378 e. The van der Waals surface area contributed by atoms with Gasteiger partial charge in [0, 0.05) is 36.8 Å². The summed E-state index contributed by atoms with van der Waals surface area (Å²) in [6, 6.07) is 17.0. The fourth-order valence-corrected chi connectivity index (χ4v) is 3.17. The van der Waals surface area contributed by atoms with E-state index in [-0.39, 0.29) is 17.9 Å². The molecule has 0 atom stereocenters. The lowest BCUT2D eigenvalue weighted by atomic mass is 10.1. The minimum Gasteiger partial charge on any atom is -0.378 e. The van der Waals surface area contributed by atoms with Crippen molar-refractivity contribution in [2.75, 3.05) is 26.3 Å². The molecule has 1 fully saturated rings. The number of morpholine rings is 1. The molecule has 3 rings (SSSR count). The molecule has 2 aromatic carbocycles. The molecule has 1 aliphatic heterocycles. The Kier molecular flexibility index (Phi) is 6.24. The van der Waals surface area contributed by atoms with E-state index in [4.69, 9.17) is 4.74 Å². The van der Waals surface area contributed by atoms with Crippen LogP contribution >= 0.6 is 0 Å². The Bertz CT molecular complexity index is 783. The van der Waals surface area contributed by atoms with Crippen LogP contribution in [-0.4, -0.2) is 54.0 Å². The zero-order valence-corrected chi connectivity index (χ0v) is 15.9. The summed E-state index contributed by atoms with van der Waals surface area (Å²) in [7, 11) is 0. The van der Waals surface area contributed by atoms with Crippen molar-refractivity contribution in [3.63, 3.8) is 0 Å². The highest BCUT2D eigenvalue weighted by molar-refractivity contribution is 5.99. The summed E-state index contributed by atoms with van der Waals surface area (Å²) in [5.74, 6) is -0.113. The average Bonchev–Trinajstić information content (AvgIpc) is 2.72. The smallest absolute Gasteiger partial charge is 0.254 e. The fourth-order valence-electron chi connectivity index (χ4n) is 3.17. The third-order valence-electron chi connectivity index (χ3n) is 4.73. The SMILES string of the molecule is CC(C)N(Cc1ccccc1)C(=O)c1cccc(C(=O)N2CCOCC2)c1. The third-order valence-corrected chi connectivity index (χ3v) is 4.73. The molecular weight excluding hydrogens is 340 g/mol. The molecule has 1 heterocycles. The lowest BCUT2D eigenvalue weighted by molar-refractivity contribution is 0.0303. The Morgan fingerprint density at radius 2 is 1.67 bits per heavy atom. The number of hydrogen-bond acceptors (Lipinski definition) is 3. The summed E-state index contributed by atoms with van der Waals surface area (Å²) in [6.45, 7) is 6.84. The highest BCUT2D eigenvalue weighted by Crippen LogP contribution is 2.16. The standard InChI is InChI=1S/C22H26N2O3/c1-17(2)24(16-18-7-4-3-5-8-18)22(26)20-10-6-9-19(15-20)21(25)23-11-13-27-14-12-23/h3-10,15,17H,11-14,16H2,1-2H3. The van der Waals surface area contributed by atoms with Gasteiger partial charge in [-0.15, -0.1) is 0 Å². The van der Waals surface area contributed by atoms with Crippen LogP contribution in [0.2, 0.25) is 0 Å². The van der Waals surface area contributed by atoms with Gasteiger partial charge in [-0.3, -0.25) is 9.59 Å². The number of benzene rings is 2. The molecule has 142 valence electrons. The van der Waals surface area contributed by atoms with Gasteiger partial charge in [-0.25, -0.2) is 0 Å². The summed E-state index contributed by atoms with van der Waals surface area (Å²) in [4.78, 5) is 29.4. The molecule has 0 unspecified atom stereocenters. The van der Waals surface area contributed by atoms with E-state index in [1.807, 2.05) is 49.1 Å². The first-order chi connectivity index (χ1) is 13.1. The summed E-state index contributed by atoms with van der Waals surface area (Å²) in [5, 5.41) is 0. The third kappa shape index (κ3) is 4.74. The van der Waals surface area contributed by atoms with Crippen molar-refractivity contribution in [3.8, 4) is 0 Å². The highest BCUT2D eigenvalue weighted by atomic mass is 16.5. The molecule has 0 saturated carbocycles. The van der Waals surface area contributed by atoms with E-state index in [0.717, 1.165) is 5.56 Å². The Morgan fingerprint density at radius 3 is 2.33 bits per heavy atom. The van der Waals surface area contributed by atoms with E-state index >= 15 is 0 Å². The van der Waals surface area contributed by atoms with Crippen LogP contribution in [0.4, 0.5) is 0 Å². The number of carbonyl (C=O) groups excluding carboxylic acids is 2.